The SMILES string of the molecule is CCNC(=NCc1ccco1)NCCOc1cccc(F)c1.I. The molecule has 0 saturated heterocycles. The van der Waals surface area contributed by atoms with E-state index < -0.39 is 0 Å². The molecule has 0 spiro atoms. The lowest BCUT2D eigenvalue weighted by Gasteiger charge is -2.11. The third-order valence-corrected chi connectivity index (χ3v) is 2.78. The Morgan fingerprint density at radius 2 is 2.13 bits per heavy atom. The molecule has 0 atom stereocenters. The number of benzene rings is 1. The van der Waals surface area contributed by atoms with Crippen molar-refractivity contribution in [3.63, 3.8) is 0 Å². The molecule has 0 radical (unpaired) electrons. The number of furan rings is 1. The van der Waals surface area contributed by atoms with E-state index in [-0.39, 0.29) is 29.8 Å². The second-order valence-corrected chi connectivity index (χ2v) is 4.51. The molecule has 0 amide bonds. The third kappa shape index (κ3) is 7.36. The summed E-state index contributed by atoms with van der Waals surface area (Å²) >= 11 is 0. The maximum absolute atomic E-state index is 13.0. The average molecular weight is 433 g/mol. The summed E-state index contributed by atoms with van der Waals surface area (Å²) in [6, 6.07) is 9.79. The Balaban J connectivity index is 0.00000264. The molecule has 0 saturated carbocycles. The predicted molar refractivity (Wildman–Crippen MR) is 98.8 cm³/mol. The van der Waals surface area contributed by atoms with Gasteiger partial charge in [0.25, 0.3) is 0 Å². The van der Waals surface area contributed by atoms with Gasteiger partial charge in [-0.3, -0.25) is 0 Å². The van der Waals surface area contributed by atoms with Crippen molar-refractivity contribution in [3.8, 4) is 5.75 Å². The lowest BCUT2D eigenvalue weighted by atomic mass is 10.3. The van der Waals surface area contributed by atoms with Crippen molar-refractivity contribution in [2.75, 3.05) is 19.7 Å². The Bertz CT molecular complexity index is 591. The minimum Gasteiger partial charge on any atom is -0.492 e. The summed E-state index contributed by atoms with van der Waals surface area (Å²) in [5.74, 6) is 1.69. The molecule has 7 heteroatoms. The molecule has 2 aromatic rings. The van der Waals surface area contributed by atoms with Crippen LogP contribution in [0.3, 0.4) is 0 Å². The fraction of sp³-hybridized carbons (Fsp3) is 0.312. The van der Waals surface area contributed by atoms with E-state index in [2.05, 4.69) is 15.6 Å². The van der Waals surface area contributed by atoms with Gasteiger partial charge in [-0.15, -0.1) is 24.0 Å². The summed E-state index contributed by atoms with van der Waals surface area (Å²) in [6.07, 6.45) is 1.62. The zero-order valence-corrected chi connectivity index (χ0v) is 15.3. The fourth-order valence-electron chi connectivity index (χ4n) is 1.80. The van der Waals surface area contributed by atoms with Crippen LogP contribution in [0.25, 0.3) is 0 Å². The number of hydrogen-bond acceptors (Lipinski definition) is 3. The molecule has 0 bridgehead atoms. The molecule has 0 aliphatic carbocycles. The van der Waals surface area contributed by atoms with Crippen LogP contribution in [0, 0.1) is 5.82 Å². The maximum Gasteiger partial charge on any atom is 0.191 e. The van der Waals surface area contributed by atoms with E-state index in [9.17, 15) is 4.39 Å². The molecule has 23 heavy (non-hydrogen) atoms. The van der Waals surface area contributed by atoms with Crippen LogP contribution in [0.15, 0.2) is 52.1 Å². The van der Waals surface area contributed by atoms with Crippen LogP contribution in [-0.4, -0.2) is 25.7 Å². The standard InChI is InChI=1S/C16H20FN3O2.HI/c1-2-18-16(20-12-15-7-4-9-21-15)19-8-10-22-14-6-3-5-13(17)11-14;/h3-7,9,11H,2,8,10,12H2,1H3,(H2,18,19,20);1H. The Labute approximate surface area is 152 Å². The highest BCUT2D eigenvalue weighted by atomic mass is 127. The Morgan fingerprint density at radius 3 is 2.83 bits per heavy atom. The molecule has 2 rings (SSSR count). The van der Waals surface area contributed by atoms with Crippen molar-refractivity contribution in [1.29, 1.82) is 0 Å². The van der Waals surface area contributed by atoms with Crippen molar-refractivity contribution in [2.45, 2.75) is 13.5 Å². The van der Waals surface area contributed by atoms with Crippen molar-refractivity contribution >= 4 is 29.9 Å². The summed E-state index contributed by atoms with van der Waals surface area (Å²) in [5, 5.41) is 6.28. The second kappa shape index (κ2) is 10.9. The Hall–Kier alpha value is -1.77. The van der Waals surface area contributed by atoms with Gasteiger partial charge in [0.15, 0.2) is 5.96 Å². The number of rotatable bonds is 7. The van der Waals surface area contributed by atoms with E-state index in [0.717, 1.165) is 12.3 Å². The summed E-state index contributed by atoms with van der Waals surface area (Å²) < 4.78 is 23.7. The number of halogens is 2. The first-order valence-electron chi connectivity index (χ1n) is 7.21. The highest BCUT2D eigenvalue weighted by Crippen LogP contribution is 2.11. The van der Waals surface area contributed by atoms with Gasteiger partial charge >= 0.3 is 0 Å². The zero-order chi connectivity index (χ0) is 15.6. The van der Waals surface area contributed by atoms with Crippen molar-refractivity contribution < 1.29 is 13.5 Å². The Kier molecular flexibility index (Phi) is 9.11. The van der Waals surface area contributed by atoms with E-state index in [0.29, 0.717) is 31.4 Å². The number of guanidine groups is 1. The van der Waals surface area contributed by atoms with E-state index >= 15 is 0 Å². The van der Waals surface area contributed by atoms with Crippen molar-refractivity contribution in [3.05, 3.63) is 54.2 Å². The number of ether oxygens (including phenoxy) is 1. The molecule has 2 N–H and O–H groups in total. The highest BCUT2D eigenvalue weighted by Gasteiger charge is 2.00. The normalized spacial score (nSPS) is 10.8. The Morgan fingerprint density at radius 1 is 1.26 bits per heavy atom. The largest absolute Gasteiger partial charge is 0.492 e. The lowest BCUT2D eigenvalue weighted by Crippen LogP contribution is -2.39. The smallest absolute Gasteiger partial charge is 0.191 e. The van der Waals surface area contributed by atoms with Crippen LogP contribution in [-0.2, 0) is 6.54 Å². The quantitative estimate of drug-likeness (QED) is 0.305. The molecule has 0 unspecified atom stereocenters. The lowest BCUT2D eigenvalue weighted by molar-refractivity contribution is 0.320. The molecule has 0 fully saturated rings. The number of aliphatic imine (C=N–C) groups is 1. The van der Waals surface area contributed by atoms with Crippen molar-refractivity contribution in [1.82, 2.24) is 10.6 Å². The first-order chi connectivity index (χ1) is 10.8. The van der Waals surface area contributed by atoms with E-state index in [1.54, 1.807) is 18.4 Å². The van der Waals surface area contributed by atoms with Crippen LogP contribution in [0.2, 0.25) is 0 Å². The first kappa shape index (κ1) is 19.3. The first-order valence-corrected chi connectivity index (χ1v) is 7.21. The van der Waals surface area contributed by atoms with Gasteiger partial charge in [0, 0.05) is 12.6 Å². The molecule has 1 aromatic carbocycles. The fourth-order valence-corrected chi connectivity index (χ4v) is 1.80. The molecule has 0 aliphatic rings. The maximum atomic E-state index is 13.0. The molecular weight excluding hydrogens is 412 g/mol. The van der Waals surface area contributed by atoms with Gasteiger partial charge < -0.3 is 19.8 Å². The van der Waals surface area contributed by atoms with Crippen LogP contribution in [0.5, 0.6) is 5.75 Å². The summed E-state index contributed by atoms with van der Waals surface area (Å²) in [7, 11) is 0. The van der Waals surface area contributed by atoms with Gasteiger partial charge in [0.1, 0.15) is 30.5 Å². The van der Waals surface area contributed by atoms with Crippen LogP contribution in [0.1, 0.15) is 12.7 Å². The van der Waals surface area contributed by atoms with Gasteiger partial charge in [0.05, 0.1) is 12.8 Å². The number of nitrogens with one attached hydrogen (secondary N) is 2. The summed E-state index contributed by atoms with van der Waals surface area (Å²) in [5.41, 5.74) is 0. The molecule has 1 aromatic heterocycles. The molecule has 1 heterocycles. The van der Waals surface area contributed by atoms with E-state index in [4.69, 9.17) is 9.15 Å². The van der Waals surface area contributed by atoms with E-state index in [1.807, 2.05) is 19.1 Å². The third-order valence-electron chi connectivity index (χ3n) is 2.78. The van der Waals surface area contributed by atoms with E-state index in [1.165, 1.54) is 12.1 Å². The summed E-state index contributed by atoms with van der Waals surface area (Å²) in [4.78, 5) is 4.40. The van der Waals surface area contributed by atoms with Gasteiger partial charge in [-0.05, 0) is 31.2 Å². The predicted octanol–water partition coefficient (Wildman–Crippen LogP) is 3.17. The van der Waals surface area contributed by atoms with Crippen LogP contribution in [0.4, 0.5) is 4.39 Å². The summed E-state index contributed by atoms with van der Waals surface area (Å²) in [6.45, 7) is 4.18. The van der Waals surface area contributed by atoms with Gasteiger partial charge in [-0.1, -0.05) is 6.07 Å². The number of hydrogen-bond donors (Lipinski definition) is 2. The minimum absolute atomic E-state index is 0. The minimum atomic E-state index is -0.307. The molecule has 126 valence electrons. The highest BCUT2D eigenvalue weighted by molar-refractivity contribution is 14.0. The van der Waals surface area contributed by atoms with Gasteiger partial charge in [0.2, 0.25) is 0 Å². The van der Waals surface area contributed by atoms with Crippen molar-refractivity contribution in [2.24, 2.45) is 4.99 Å². The topological polar surface area (TPSA) is 58.8 Å². The molecule has 0 aliphatic heterocycles. The number of nitrogens with zero attached hydrogens (tertiary/aromatic N) is 1. The second-order valence-electron chi connectivity index (χ2n) is 4.51. The van der Waals surface area contributed by atoms with Gasteiger partial charge in [-0.2, -0.15) is 0 Å². The average Bonchev–Trinajstić information content (AvgIpc) is 3.02. The molecular formula is C16H21FIN3O2. The monoisotopic (exact) mass is 433 g/mol. The van der Waals surface area contributed by atoms with Gasteiger partial charge in [-0.25, -0.2) is 9.38 Å². The van der Waals surface area contributed by atoms with Crippen LogP contribution >= 0.6 is 24.0 Å². The molecule has 5 nitrogen and oxygen atoms in total. The van der Waals surface area contributed by atoms with Crippen LogP contribution < -0.4 is 15.4 Å². The zero-order valence-electron chi connectivity index (χ0n) is 12.9.